The Labute approximate surface area is 57.7 Å². The van der Waals surface area contributed by atoms with Crippen LogP contribution in [0.5, 0.6) is 0 Å². The summed E-state index contributed by atoms with van der Waals surface area (Å²) in [6, 6.07) is 0. The highest BCUT2D eigenvalue weighted by molar-refractivity contribution is 5.77. The highest BCUT2D eigenvalue weighted by Crippen LogP contribution is 2.20. The number of rotatable bonds is 1. The average molecular weight is 142 g/mol. The Bertz CT molecular complexity index is 204. The first-order valence-electron chi connectivity index (χ1n) is 2.90. The third-order valence-corrected chi connectivity index (χ3v) is 1.29. The van der Waals surface area contributed by atoms with Gasteiger partial charge in [0.05, 0.1) is 0 Å². The molecule has 0 aliphatic heterocycles. The molecule has 2 nitrogen and oxygen atoms in total. The third kappa shape index (κ3) is 1.51. The topological polar surface area (TPSA) is 37.3 Å². The van der Waals surface area contributed by atoms with Gasteiger partial charge in [-0.2, -0.15) is 0 Å². The van der Waals surface area contributed by atoms with Crippen molar-refractivity contribution in [2.45, 2.75) is 12.3 Å². The molecule has 0 saturated heterocycles. The van der Waals surface area contributed by atoms with Crippen LogP contribution in [0.15, 0.2) is 23.8 Å². The van der Waals surface area contributed by atoms with Gasteiger partial charge in [-0.05, 0) is 6.08 Å². The number of hydrogen-bond donors (Lipinski definition) is 1. The quantitative estimate of drug-likeness (QED) is 0.548. The van der Waals surface area contributed by atoms with Crippen LogP contribution in [0, 0.1) is 0 Å². The summed E-state index contributed by atoms with van der Waals surface area (Å²) < 4.78 is 12.5. The number of carbonyl (C=O) groups is 1. The maximum absolute atomic E-state index is 12.5. The van der Waals surface area contributed by atoms with Crippen LogP contribution in [0.4, 0.5) is 4.39 Å². The van der Waals surface area contributed by atoms with Crippen molar-refractivity contribution in [1.82, 2.24) is 0 Å². The van der Waals surface area contributed by atoms with Crippen LogP contribution < -0.4 is 0 Å². The van der Waals surface area contributed by atoms with Crippen LogP contribution >= 0.6 is 0 Å². The Morgan fingerprint density at radius 2 is 2.50 bits per heavy atom. The van der Waals surface area contributed by atoms with Gasteiger partial charge in [0.2, 0.25) is 5.85 Å². The van der Waals surface area contributed by atoms with E-state index in [1.54, 1.807) is 0 Å². The van der Waals surface area contributed by atoms with E-state index in [4.69, 9.17) is 5.11 Å². The zero-order valence-corrected chi connectivity index (χ0v) is 5.25. The van der Waals surface area contributed by atoms with Crippen LogP contribution in [-0.2, 0) is 4.79 Å². The second-order valence-corrected chi connectivity index (χ2v) is 2.18. The Morgan fingerprint density at radius 3 is 2.90 bits per heavy atom. The molecule has 0 heterocycles. The molecule has 54 valence electrons. The van der Waals surface area contributed by atoms with Crippen molar-refractivity contribution in [3.63, 3.8) is 0 Å². The molecule has 0 saturated carbocycles. The summed E-state index contributed by atoms with van der Waals surface area (Å²) in [5.41, 5.74) is 0.405. The van der Waals surface area contributed by atoms with Gasteiger partial charge in [-0.3, -0.25) is 4.79 Å². The lowest BCUT2D eigenvalue weighted by atomic mass is 10.0. The fraction of sp³-hybridized carbons (Fsp3) is 0.286. The number of allylic oxidation sites excluding steroid dienone is 2. The molecule has 0 bridgehead atoms. The Kier molecular flexibility index (Phi) is 1.68. The van der Waals surface area contributed by atoms with E-state index < -0.39 is 5.85 Å². The Balaban J connectivity index is 2.72. The second-order valence-electron chi connectivity index (χ2n) is 2.18. The second kappa shape index (κ2) is 2.34. The molecule has 0 amide bonds. The lowest BCUT2D eigenvalue weighted by molar-refractivity contribution is -0.104. The molecule has 1 aliphatic carbocycles. The summed E-state index contributed by atoms with van der Waals surface area (Å²) in [4.78, 5) is 10.0. The smallest absolute Gasteiger partial charge is 0.229 e. The first kappa shape index (κ1) is 7.15. The van der Waals surface area contributed by atoms with Gasteiger partial charge in [0.1, 0.15) is 6.29 Å². The van der Waals surface area contributed by atoms with E-state index in [0.29, 0.717) is 11.9 Å². The van der Waals surface area contributed by atoms with E-state index in [0.717, 1.165) is 6.08 Å². The van der Waals surface area contributed by atoms with Crippen LogP contribution in [0.2, 0.25) is 0 Å². The van der Waals surface area contributed by atoms with Gasteiger partial charge < -0.3 is 5.11 Å². The Morgan fingerprint density at radius 1 is 1.80 bits per heavy atom. The van der Waals surface area contributed by atoms with Crippen LogP contribution in [0.3, 0.4) is 0 Å². The minimum atomic E-state index is -2.26. The number of hydrogen-bond acceptors (Lipinski definition) is 2. The van der Waals surface area contributed by atoms with Gasteiger partial charge in [-0.15, -0.1) is 0 Å². The molecule has 0 spiro atoms. The molecule has 10 heavy (non-hydrogen) atoms. The van der Waals surface area contributed by atoms with E-state index in [-0.39, 0.29) is 6.42 Å². The molecule has 1 rings (SSSR count). The predicted octanol–water partition coefficient (Wildman–Crippen LogP) is 0.730. The highest BCUT2D eigenvalue weighted by Gasteiger charge is 2.22. The molecule has 0 fully saturated rings. The Hall–Kier alpha value is -0.960. The van der Waals surface area contributed by atoms with E-state index in [1.807, 2.05) is 0 Å². The highest BCUT2D eigenvalue weighted by atomic mass is 19.2. The summed E-state index contributed by atoms with van der Waals surface area (Å²) in [5, 5.41) is 8.67. The zero-order valence-electron chi connectivity index (χ0n) is 5.25. The van der Waals surface area contributed by atoms with E-state index >= 15 is 0 Å². The maximum atomic E-state index is 12.5. The summed E-state index contributed by atoms with van der Waals surface area (Å²) in [5.74, 6) is -2.26. The molecule has 1 N–H and O–H groups in total. The average Bonchev–Trinajstić information content (AvgIpc) is 1.88. The summed E-state index contributed by atoms with van der Waals surface area (Å²) in [6.45, 7) is 0. The molecule has 3 heteroatoms. The molecule has 1 aliphatic rings. The maximum Gasteiger partial charge on any atom is 0.229 e. The van der Waals surface area contributed by atoms with Gasteiger partial charge in [0.15, 0.2) is 0 Å². The molecule has 0 aromatic carbocycles. The van der Waals surface area contributed by atoms with Crippen molar-refractivity contribution in [1.29, 1.82) is 0 Å². The molecule has 1 atom stereocenters. The van der Waals surface area contributed by atoms with Gasteiger partial charge >= 0.3 is 0 Å². The lowest BCUT2D eigenvalue weighted by Crippen LogP contribution is -2.19. The third-order valence-electron chi connectivity index (χ3n) is 1.29. The van der Waals surface area contributed by atoms with E-state index in [9.17, 15) is 9.18 Å². The van der Waals surface area contributed by atoms with Gasteiger partial charge in [0.25, 0.3) is 0 Å². The number of aliphatic hydroxyl groups is 1. The fourth-order valence-corrected chi connectivity index (χ4v) is 0.708. The van der Waals surface area contributed by atoms with Crippen molar-refractivity contribution in [3.8, 4) is 0 Å². The first-order valence-corrected chi connectivity index (χ1v) is 2.90. The number of aldehydes is 1. The minimum Gasteiger partial charge on any atom is -0.358 e. The SMILES string of the molecule is O=CC1=CCC(O)(F)C=C1. The summed E-state index contributed by atoms with van der Waals surface area (Å²) >= 11 is 0. The van der Waals surface area contributed by atoms with Crippen molar-refractivity contribution in [2.75, 3.05) is 0 Å². The molecule has 1 unspecified atom stereocenters. The van der Waals surface area contributed by atoms with Gasteiger partial charge in [-0.1, -0.05) is 12.2 Å². The molecular formula is C7H7FO2. The zero-order chi connectivity index (χ0) is 7.61. The van der Waals surface area contributed by atoms with Crippen LogP contribution in [0.1, 0.15) is 6.42 Å². The number of alkyl halides is 1. The largest absolute Gasteiger partial charge is 0.358 e. The monoisotopic (exact) mass is 142 g/mol. The van der Waals surface area contributed by atoms with Crippen molar-refractivity contribution in [2.24, 2.45) is 0 Å². The van der Waals surface area contributed by atoms with Gasteiger partial charge in [-0.25, -0.2) is 4.39 Å². The normalized spacial score (nSPS) is 31.6. The summed E-state index contributed by atoms with van der Waals surface area (Å²) in [7, 11) is 0. The molecule has 0 radical (unpaired) electrons. The number of halogens is 1. The van der Waals surface area contributed by atoms with Crippen molar-refractivity contribution in [3.05, 3.63) is 23.8 Å². The lowest BCUT2D eigenvalue weighted by Gasteiger charge is -2.14. The van der Waals surface area contributed by atoms with E-state index in [1.165, 1.54) is 12.2 Å². The molecule has 0 aromatic rings. The predicted molar refractivity (Wildman–Crippen MR) is 34.0 cm³/mol. The minimum absolute atomic E-state index is 0.141. The van der Waals surface area contributed by atoms with Crippen LogP contribution in [0.25, 0.3) is 0 Å². The standard InChI is InChI=1S/C7H7FO2/c8-7(10)3-1-6(5-9)2-4-7/h1-3,5,10H,4H2. The summed E-state index contributed by atoms with van der Waals surface area (Å²) in [6.07, 6.45) is 4.06. The van der Waals surface area contributed by atoms with Crippen molar-refractivity contribution < 1.29 is 14.3 Å². The van der Waals surface area contributed by atoms with Gasteiger partial charge in [0, 0.05) is 12.0 Å². The van der Waals surface area contributed by atoms with Crippen LogP contribution in [-0.4, -0.2) is 17.2 Å². The fourth-order valence-electron chi connectivity index (χ4n) is 0.708. The van der Waals surface area contributed by atoms with Crippen molar-refractivity contribution >= 4 is 6.29 Å². The first-order chi connectivity index (χ1) is 4.64. The molecule has 0 aromatic heterocycles. The van der Waals surface area contributed by atoms with E-state index in [2.05, 4.69) is 0 Å². The molecular weight excluding hydrogens is 135 g/mol. The number of carbonyl (C=O) groups excluding carboxylic acids is 1.